The smallest absolute Gasteiger partial charge is 0.262 e. The highest BCUT2D eigenvalue weighted by molar-refractivity contribution is 6.33. The molecule has 2 heterocycles. The van der Waals surface area contributed by atoms with Gasteiger partial charge in [-0.2, -0.15) is 0 Å². The van der Waals surface area contributed by atoms with Crippen molar-refractivity contribution in [2.75, 3.05) is 5.32 Å². The monoisotopic (exact) mass is 353 g/mol. The normalized spacial score (nSPS) is 13.7. The van der Waals surface area contributed by atoms with Gasteiger partial charge in [-0.3, -0.25) is 4.79 Å². The van der Waals surface area contributed by atoms with Gasteiger partial charge in [-0.15, -0.1) is 0 Å². The van der Waals surface area contributed by atoms with Gasteiger partial charge in [-0.05, 0) is 38.0 Å². The van der Waals surface area contributed by atoms with Crippen molar-refractivity contribution in [1.29, 1.82) is 0 Å². The van der Waals surface area contributed by atoms with Crippen molar-refractivity contribution in [2.45, 2.75) is 25.7 Å². The van der Waals surface area contributed by atoms with Crippen LogP contribution in [0.25, 0.3) is 11.3 Å². The number of carbonyl (C=O) groups is 1. The van der Waals surface area contributed by atoms with Crippen LogP contribution in [-0.2, 0) is 0 Å². The van der Waals surface area contributed by atoms with Crippen molar-refractivity contribution >= 4 is 23.3 Å². The van der Waals surface area contributed by atoms with Gasteiger partial charge in [0.2, 0.25) is 0 Å². The average molecular weight is 354 g/mol. The highest BCUT2D eigenvalue weighted by Gasteiger charge is 2.26. The largest absolute Gasteiger partial charge is 0.360 e. The lowest BCUT2D eigenvalue weighted by Gasteiger charge is -2.07. The molecule has 3 aromatic rings. The fourth-order valence-corrected chi connectivity index (χ4v) is 3.01. The first kappa shape index (κ1) is 15.8. The number of aryl methyl sites for hydroxylation is 1. The van der Waals surface area contributed by atoms with Gasteiger partial charge in [0.15, 0.2) is 0 Å². The number of hydrogen-bond acceptors (Lipinski definition) is 4. The van der Waals surface area contributed by atoms with Gasteiger partial charge < -0.3 is 9.84 Å². The van der Waals surface area contributed by atoms with E-state index < -0.39 is 0 Å². The summed E-state index contributed by atoms with van der Waals surface area (Å²) in [6, 6.07) is 12.9. The van der Waals surface area contributed by atoms with E-state index >= 15 is 0 Å². The van der Waals surface area contributed by atoms with Crippen LogP contribution in [0.1, 0.15) is 40.6 Å². The zero-order chi connectivity index (χ0) is 17.4. The van der Waals surface area contributed by atoms with Gasteiger partial charge in [0, 0.05) is 17.2 Å². The standard InChI is InChI=1S/C19H16ClN3O2/c1-11-17(18(23-25-11)13-5-2-3-6-14(13)20)19(24)22-16-8-4-7-15(21-16)12-9-10-12/h2-8,12H,9-10H2,1H3,(H,21,22,24). The van der Waals surface area contributed by atoms with Crippen molar-refractivity contribution < 1.29 is 9.32 Å². The summed E-state index contributed by atoms with van der Waals surface area (Å²) >= 11 is 6.24. The molecule has 0 spiro atoms. The number of benzene rings is 1. The van der Waals surface area contributed by atoms with Gasteiger partial charge in [0.05, 0.1) is 5.02 Å². The molecule has 0 unspecified atom stereocenters. The molecule has 1 saturated carbocycles. The quantitative estimate of drug-likeness (QED) is 0.729. The Hall–Kier alpha value is -2.66. The molecule has 4 rings (SSSR count). The summed E-state index contributed by atoms with van der Waals surface area (Å²) in [5.41, 5.74) is 2.47. The molecular weight excluding hydrogens is 338 g/mol. The number of nitrogens with one attached hydrogen (secondary N) is 1. The maximum Gasteiger partial charge on any atom is 0.262 e. The first-order chi connectivity index (χ1) is 12.1. The van der Waals surface area contributed by atoms with Crippen molar-refractivity contribution in [2.24, 2.45) is 0 Å². The Balaban J connectivity index is 1.66. The number of carbonyl (C=O) groups excluding carboxylic acids is 1. The van der Waals surface area contributed by atoms with E-state index in [1.165, 1.54) is 0 Å². The minimum absolute atomic E-state index is 0.311. The molecular formula is C19H16ClN3O2. The first-order valence-electron chi connectivity index (χ1n) is 8.13. The SMILES string of the molecule is Cc1onc(-c2ccccc2Cl)c1C(=O)Nc1cccc(C2CC2)n1. The number of anilines is 1. The van der Waals surface area contributed by atoms with E-state index in [2.05, 4.69) is 15.5 Å². The Labute approximate surface area is 150 Å². The Morgan fingerprint density at radius 2 is 2.00 bits per heavy atom. The van der Waals surface area contributed by atoms with Crippen molar-refractivity contribution in [3.8, 4) is 11.3 Å². The summed E-state index contributed by atoms with van der Waals surface area (Å²) in [4.78, 5) is 17.3. The Morgan fingerprint density at radius 1 is 1.20 bits per heavy atom. The fourth-order valence-electron chi connectivity index (χ4n) is 2.78. The Morgan fingerprint density at radius 3 is 2.76 bits per heavy atom. The second-order valence-corrected chi connectivity index (χ2v) is 6.53. The van der Waals surface area contributed by atoms with Crippen LogP contribution in [0.15, 0.2) is 47.0 Å². The highest BCUT2D eigenvalue weighted by Crippen LogP contribution is 2.39. The number of rotatable bonds is 4. The molecule has 126 valence electrons. The maximum absolute atomic E-state index is 12.8. The summed E-state index contributed by atoms with van der Waals surface area (Å²) in [6.45, 7) is 1.70. The zero-order valence-corrected chi connectivity index (χ0v) is 14.4. The summed E-state index contributed by atoms with van der Waals surface area (Å²) in [5.74, 6) is 1.17. The molecule has 6 heteroatoms. The van der Waals surface area contributed by atoms with E-state index in [9.17, 15) is 4.79 Å². The van der Waals surface area contributed by atoms with Gasteiger partial charge in [0.25, 0.3) is 5.91 Å². The number of hydrogen-bond donors (Lipinski definition) is 1. The predicted molar refractivity (Wildman–Crippen MR) is 95.9 cm³/mol. The number of pyridine rings is 1. The Kier molecular flexibility index (Phi) is 4.01. The van der Waals surface area contributed by atoms with Crippen LogP contribution in [0, 0.1) is 6.92 Å². The molecule has 0 atom stereocenters. The van der Waals surface area contributed by atoms with E-state index in [-0.39, 0.29) is 5.91 Å². The third-order valence-electron chi connectivity index (χ3n) is 4.23. The van der Waals surface area contributed by atoms with Crippen LogP contribution in [0.4, 0.5) is 5.82 Å². The van der Waals surface area contributed by atoms with Gasteiger partial charge in [-0.1, -0.05) is 41.0 Å². The molecule has 25 heavy (non-hydrogen) atoms. The first-order valence-corrected chi connectivity index (χ1v) is 8.51. The molecule has 0 radical (unpaired) electrons. The van der Waals surface area contributed by atoms with E-state index in [1.807, 2.05) is 30.3 Å². The number of halogens is 1. The summed E-state index contributed by atoms with van der Waals surface area (Å²) in [5, 5.41) is 7.38. The summed E-state index contributed by atoms with van der Waals surface area (Å²) in [6.07, 6.45) is 2.32. The number of nitrogens with zero attached hydrogens (tertiary/aromatic N) is 2. The summed E-state index contributed by atoms with van der Waals surface area (Å²) in [7, 11) is 0. The van der Waals surface area contributed by atoms with Crippen LogP contribution in [-0.4, -0.2) is 16.0 Å². The lowest BCUT2D eigenvalue weighted by atomic mass is 10.1. The highest BCUT2D eigenvalue weighted by atomic mass is 35.5. The lowest BCUT2D eigenvalue weighted by molar-refractivity contribution is 0.102. The second-order valence-electron chi connectivity index (χ2n) is 6.12. The minimum Gasteiger partial charge on any atom is -0.360 e. The molecule has 1 aromatic carbocycles. The van der Waals surface area contributed by atoms with Crippen LogP contribution in [0.2, 0.25) is 5.02 Å². The molecule has 1 aliphatic rings. The molecule has 0 aliphatic heterocycles. The van der Waals surface area contributed by atoms with Crippen LogP contribution in [0.5, 0.6) is 0 Å². The third kappa shape index (κ3) is 3.15. The zero-order valence-electron chi connectivity index (χ0n) is 13.6. The third-order valence-corrected chi connectivity index (χ3v) is 4.56. The van der Waals surface area contributed by atoms with Crippen LogP contribution in [0.3, 0.4) is 0 Å². The molecule has 5 nitrogen and oxygen atoms in total. The lowest BCUT2D eigenvalue weighted by Crippen LogP contribution is -2.14. The van der Waals surface area contributed by atoms with Gasteiger partial charge in [-0.25, -0.2) is 4.98 Å². The van der Waals surface area contributed by atoms with E-state index in [4.69, 9.17) is 16.1 Å². The van der Waals surface area contributed by atoms with Gasteiger partial charge in [0.1, 0.15) is 22.8 Å². The molecule has 0 bridgehead atoms. The van der Waals surface area contributed by atoms with Crippen LogP contribution < -0.4 is 5.32 Å². The van der Waals surface area contributed by atoms with Crippen molar-refractivity contribution in [3.63, 3.8) is 0 Å². The summed E-state index contributed by atoms with van der Waals surface area (Å²) < 4.78 is 5.25. The van der Waals surface area contributed by atoms with Crippen molar-refractivity contribution in [3.05, 3.63) is 64.5 Å². The topological polar surface area (TPSA) is 68.0 Å². The molecule has 0 saturated heterocycles. The van der Waals surface area contributed by atoms with Crippen molar-refractivity contribution in [1.82, 2.24) is 10.1 Å². The van der Waals surface area contributed by atoms with E-state index in [0.717, 1.165) is 18.5 Å². The molecule has 1 aliphatic carbocycles. The molecule has 2 aromatic heterocycles. The molecule has 1 amide bonds. The van der Waals surface area contributed by atoms with E-state index in [1.54, 1.807) is 19.1 Å². The van der Waals surface area contributed by atoms with E-state index in [0.29, 0.717) is 39.3 Å². The van der Waals surface area contributed by atoms with Gasteiger partial charge >= 0.3 is 0 Å². The Bertz CT molecular complexity index is 947. The maximum atomic E-state index is 12.8. The number of aromatic nitrogens is 2. The fraction of sp³-hybridized carbons (Fsp3) is 0.211. The molecule has 1 N–H and O–H groups in total. The minimum atomic E-state index is -0.311. The molecule has 1 fully saturated rings. The number of amides is 1. The average Bonchev–Trinajstić information content (AvgIpc) is 3.38. The van der Waals surface area contributed by atoms with Crippen LogP contribution >= 0.6 is 11.6 Å². The predicted octanol–water partition coefficient (Wildman–Crippen LogP) is 4.83. The second kappa shape index (κ2) is 6.33.